The van der Waals surface area contributed by atoms with Crippen LogP contribution in [-0.2, 0) is 6.18 Å². The Kier molecular flexibility index (Phi) is 2.38. The van der Waals surface area contributed by atoms with E-state index in [-0.39, 0.29) is 5.92 Å². The fraction of sp³-hybridized carbons (Fsp3) is 0.556. The van der Waals surface area contributed by atoms with Crippen LogP contribution in [0.15, 0.2) is 12.4 Å². The van der Waals surface area contributed by atoms with Crippen molar-refractivity contribution >= 4 is 0 Å². The molecule has 0 aromatic carbocycles. The molecule has 0 radical (unpaired) electrons. The van der Waals surface area contributed by atoms with Crippen LogP contribution in [-0.4, -0.2) is 35.0 Å². The molecule has 1 aromatic heterocycles. The standard InChI is InChI=1S/C9H10F3N3/c1-15-4-6(5-15)8-13-2-7(3-14-8)9(10,11)12/h2-3,6H,4-5H2,1H3. The molecular formula is C9H10F3N3. The smallest absolute Gasteiger partial charge is 0.305 e. The summed E-state index contributed by atoms with van der Waals surface area (Å²) in [6.07, 6.45) is -2.66. The Bertz CT molecular complexity index is 341. The van der Waals surface area contributed by atoms with Crippen LogP contribution in [0.4, 0.5) is 13.2 Å². The van der Waals surface area contributed by atoms with Crippen molar-refractivity contribution in [3.05, 3.63) is 23.8 Å². The van der Waals surface area contributed by atoms with Crippen molar-refractivity contribution in [2.75, 3.05) is 20.1 Å². The lowest BCUT2D eigenvalue weighted by Gasteiger charge is -2.34. The molecule has 0 spiro atoms. The largest absolute Gasteiger partial charge is 0.419 e. The van der Waals surface area contributed by atoms with Gasteiger partial charge in [-0.15, -0.1) is 0 Å². The van der Waals surface area contributed by atoms with Crippen LogP contribution in [0.25, 0.3) is 0 Å². The quantitative estimate of drug-likeness (QED) is 0.714. The Morgan fingerprint density at radius 2 is 1.80 bits per heavy atom. The summed E-state index contributed by atoms with van der Waals surface area (Å²) in [6.45, 7) is 1.62. The van der Waals surface area contributed by atoms with Gasteiger partial charge in [-0.05, 0) is 7.05 Å². The summed E-state index contributed by atoms with van der Waals surface area (Å²) in [5.74, 6) is 0.679. The minimum Gasteiger partial charge on any atom is -0.305 e. The van der Waals surface area contributed by atoms with Crippen molar-refractivity contribution < 1.29 is 13.2 Å². The van der Waals surface area contributed by atoms with E-state index >= 15 is 0 Å². The second-order valence-electron chi connectivity index (χ2n) is 3.75. The van der Waals surface area contributed by atoms with Gasteiger partial charge in [0.2, 0.25) is 0 Å². The van der Waals surface area contributed by atoms with Crippen LogP contribution in [0.2, 0.25) is 0 Å². The molecule has 1 saturated heterocycles. The monoisotopic (exact) mass is 217 g/mol. The molecule has 1 aliphatic heterocycles. The van der Waals surface area contributed by atoms with Gasteiger partial charge in [0.05, 0.1) is 5.56 Å². The average Bonchev–Trinajstić information content (AvgIpc) is 2.12. The molecule has 0 N–H and O–H groups in total. The highest BCUT2D eigenvalue weighted by Crippen LogP contribution is 2.29. The molecule has 1 aliphatic rings. The van der Waals surface area contributed by atoms with E-state index < -0.39 is 11.7 Å². The molecule has 2 heterocycles. The Morgan fingerprint density at radius 3 is 2.20 bits per heavy atom. The number of nitrogens with zero attached hydrogens (tertiary/aromatic N) is 3. The van der Waals surface area contributed by atoms with Gasteiger partial charge in [0, 0.05) is 31.4 Å². The lowest BCUT2D eigenvalue weighted by Crippen LogP contribution is -2.42. The summed E-state index contributed by atoms with van der Waals surface area (Å²) < 4.78 is 36.6. The lowest BCUT2D eigenvalue weighted by atomic mass is 10.0. The number of likely N-dealkylation sites (tertiary alicyclic amines) is 1. The summed E-state index contributed by atoms with van der Waals surface area (Å²) in [7, 11) is 1.95. The molecule has 6 heteroatoms. The molecule has 2 rings (SSSR count). The zero-order valence-corrected chi connectivity index (χ0v) is 8.12. The van der Waals surface area contributed by atoms with Crippen molar-refractivity contribution in [2.45, 2.75) is 12.1 Å². The molecule has 82 valence electrons. The number of hydrogen-bond donors (Lipinski definition) is 0. The summed E-state index contributed by atoms with van der Waals surface area (Å²) in [5.41, 5.74) is -0.793. The number of rotatable bonds is 1. The third-order valence-electron chi connectivity index (χ3n) is 2.43. The Morgan fingerprint density at radius 1 is 1.27 bits per heavy atom. The first-order valence-electron chi connectivity index (χ1n) is 4.54. The van der Waals surface area contributed by atoms with Gasteiger partial charge in [-0.1, -0.05) is 0 Å². The number of aromatic nitrogens is 2. The third kappa shape index (κ3) is 2.09. The van der Waals surface area contributed by atoms with Crippen LogP contribution < -0.4 is 0 Å². The Hall–Kier alpha value is -1.17. The number of alkyl halides is 3. The van der Waals surface area contributed by atoms with E-state index in [0.717, 1.165) is 25.5 Å². The normalized spacial score (nSPS) is 18.9. The van der Waals surface area contributed by atoms with E-state index in [2.05, 4.69) is 14.9 Å². The maximum atomic E-state index is 12.2. The van der Waals surface area contributed by atoms with Crippen molar-refractivity contribution in [2.24, 2.45) is 0 Å². The van der Waals surface area contributed by atoms with Crippen molar-refractivity contribution in [1.82, 2.24) is 14.9 Å². The van der Waals surface area contributed by atoms with E-state index in [9.17, 15) is 13.2 Å². The number of halogens is 3. The lowest BCUT2D eigenvalue weighted by molar-refractivity contribution is -0.138. The first-order valence-corrected chi connectivity index (χ1v) is 4.54. The molecule has 3 nitrogen and oxygen atoms in total. The zero-order chi connectivity index (χ0) is 11.1. The van der Waals surface area contributed by atoms with Crippen molar-refractivity contribution in [1.29, 1.82) is 0 Å². The first kappa shape index (κ1) is 10.4. The van der Waals surface area contributed by atoms with Crippen molar-refractivity contribution in [3.8, 4) is 0 Å². The van der Waals surface area contributed by atoms with Gasteiger partial charge in [0.25, 0.3) is 0 Å². The van der Waals surface area contributed by atoms with Crippen LogP contribution in [0.3, 0.4) is 0 Å². The number of likely N-dealkylation sites (N-methyl/N-ethyl adjacent to an activating group) is 1. The average molecular weight is 217 g/mol. The fourth-order valence-electron chi connectivity index (χ4n) is 1.56. The molecular weight excluding hydrogens is 207 g/mol. The molecule has 0 bridgehead atoms. The second kappa shape index (κ2) is 3.44. The highest BCUT2D eigenvalue weighted by molar-refractivity contribution is 5.12. The molecule has 1 fully saturated rings. The molecule has 15 heavy (non-hydrogen) atoms. The Labute approximate surface area is 84.9 Å². The predicted molar refractivity (Wildman–Crippen MR) is 47.3 cm³/mol. The Balaban J connectivity index is 2.11. The van der Waals surface area contributed by atoms with Crippen LogP contribution in [0.1, 0.15) is 17.3 Å². The third-order valence-corrected chi connectivity index (χ3v) is 2.43. The van der Waals surface area contributed by atoms with Gasteiger partial charge in [-0.2, -0.15) is 13.2 Å². The molecule has 0 saturated carbocycles. The van der Waals surface area contributed by atoms with Crippen molar-refractivity contribution in [3.63, 3.8) is 0 Å². The van der Waals surface area contributed by atoms with E-state index in [1.54, 1.807) is 0 Å². The molecule has 0 atom stereocenters. The minimum absolute atomic E-state index is 0.178. The number of hydrogen-bond acceptors (Lipinski definition) is 3. The summed E-state index contributed by atoms with van der Waals surface area (Å²) in [4.78, 5) is 9.55. The van der Waals surface area contributed by atoms with E-state index in [4.69, 9.17) is 0 Å². The predicted octanol–water partition coefficient (Wildman–Crippen LogP) is 1.52. The van der Waals surface area contributed by atoms with E-state index in [0.29, 0.717) is 5.82 Å². The molecule has 1 aromatic rings. The van der Waals surface area contributed by atoms with Crippen LogP contribution >= 0.6 is 0 Å². The molecule has 0 amide bonds. The maximum Gasteiger partial charge on any atom is 0.419 e. The van der Waals surface area contributed by atoms with Crippen LogP contribution in [0.5, 0.6) is 0 Å². The van der Waals surface area contributed by atoms with Crippen LogP contribution in [0, 0.1) is 0 Å². The summed E-state index contributed by atoms with van der Waals surface area (Å²) >= 11 is 0. The minimum atomic E-state index is -4.35. The SMILES string of the molecule is CN1CC(c2ncc(C(F)(F)F)cn2)C1. The van der Waals surface area contributed by atoms with Gasteiger partial charge in [-0.25, -0.2) is 9.97 Å². The van der Waals surface area contributed by atoms with Gasteiger partial charge >= 0.3 is 6.18 Å². The summed E-state index contributed by atoms with van der Waals surface area (Å²) in [5, 5.41) is 0. The second-order valence-corrected chi connectivity index (χ2v) is 3.75. The highest BCUT2D eigenvalue weighted by Gasteiger charge is 2.33. The topological polar surface area (TPSA) is 29.0 Å². The fourth-order valence-corrected chi connectivity index (χ4v) is 1.56. The van der Waals surface area contributed by atoms with E-state index in [1.165, 1.54) is 0 Å². The van der Waals surface area contributed by atoms with E-state index in [1.807, 2.05) is 7.05 Å². The van der Waals surface area contributed by atoms with Gasteiger partial charge in [-0.3, -0.25) is 0 Å². The highest BCUT2D eigenvalue weighted by atomic mass is 19.4. The molecule has 0 aliphatic carbocycles. The zero-order valence-electron chi connectivity index (χ0n) is 8.12. The summed E-state index contributed by atoms with van der Waals surface area (Å²) in [6, 6.07) is 0. The van der Waals surface area contributed by atoms with Gasteiger partial charge in [0.1, 0.15) is 5.82 Å². The maximum absolute atomic E-state index is 12.2. The first-order chi connectivity index (χ1) is 6.97. The van der Waals surface area contributed by atoms with Gasteiger partial charge in [0.15, 0.2) is 0 Å². The molecule has 0 unspecified atom stereocenters. The van der Waals surface area contributed by atoms with Gasteiger partial charge < -0.3 is 4.90 Å².